The van der Waals surface area contributed by atoms with Crippen LogP contribution in [0.5, 0.6) is 0 Å². The quantitative estimate of drug-likeness (QED) is 0.854. The van der Waals surface area contributed by atoms with E-state index in [4.69, 9.17) is 4.74 Å². The van der Waals surface area contributed by atoms with Crippen LogP contribution in [0.4, 0.5) is 11.9 Å². The van der Waals surface area contributed by atoms with E-state index in [-0.39, 0.29) is 12.5 Å². The minimum atomic E-state index is -0.129. The Bertz CT molecular complexity index is 685. The Morgan fingerprint density at radius 1 is 1.33 bits per heavy atom. The molecule has 128 valence electrons. The molecule has 0 atom stereocenters. The predicted octanol–water partition coefficient (Wildman–Crippen LogP) is 0.766. The van der Waals surface area contributed by atoms with Crippen molar-refractivity contribution in [1.82, 2.24) is 20.3 Å². The van der Waals surface area contributed by atoms with Crippen molar-refractivity contribution < 1.29 is 9.53 Å². The van der Waals surface area contributed by atoms with E-state index in [1.165, 1.54) is 11.3 Å². The van der Waals surface area contributed by atoms with Crippen LogP contribution < -0.4 is 15.1 Å². The molecule has 0 bridgehead atoms. The van der Waals surface area contributed by atoms with Gasteiger partial charge in [0.05, 0.1) is 19.8 Å². The van der Waals surface area contributed by atoms with Gasteiger partial charge in [-0.25, -0.2) is 0 Å². The average Bonchev–Trinajstić information content (AvgIpc) is 3.15. The molecule has 8 nitrogen and oxygen atoms in total. The fourth-order valence-corrected chi connectivity index (χ4v) is 2.87. The molecule has 1 saturated heterocycles. The largest absolute Gasteiger partial charge is 0.378 e. The summed E-state index contributed by atoms with van der Waals surface area (Å²) >= 11 is 1.49. The Labute approximate surface area is 144 Å². The van der Waals surface area contributed by atoms with E-state index in [2.05, 4.69) is 25.2 Å². The van der Waals surface area contributed by atoms with Crippen LogP contribution in [0.1, 0.15) is 16.2 Å². The maximum atomic E-state index is 12.1. The minimum absolute atomic E-state index is 0.129. The number of hydrogen-bond acceptors (Lipinski definition) is 8. The van der Waals surface area contributed by atoms with Gasteiger partial charge in [0, 0.05) is 38.1 Å². The zero-order valence-corrected chi connectivity index (χ0v) is 14.5. The van der Waals surface area contributed by atoms with Gasteiger partial charge in [-0.1, -0.05) is 0 Å². The van der Waals surface area contributed by atoms with Gasteiger partial charge < -0.3 is 19.9 Å². The van der Waals surface area contributed by atoms with E-state index in [1.54, 1.807) is 6.07 Å². The maximum absolute atomic E-state index is 12.1. The number of carbonyl (C=O) groups is 1. The lowest BCUT2D eigenvalue weighted by atomic mass is 10.3. The molecule has 3 rings (SSSR count). The molecule has 0 aliphatic carbocycles. The fourth-order valence-electron chi connectivity index (χ4n) is 2.23. The molecule has 0 radical (unpaired) electrons. The van der Waals surface area contributed by atoms with Gasteiger partial charge in [0.15, 0.2) is 5.82 Å². The molecule has 2 aromatic heterocycles. The molecule has 1 amide bonds. The number of ether oxygens (including phenoxy) is 1. The molecule has 9 heteroatoms. The van der Waals surface area contributed by atoms with Crippen molar-refractivity contribution in [2.24, 2.45) is 0 Å². The lowest BCUT2D eigenvalue weighted by Gasteiger charge is -2.27. The average molecular weight is 348 g/mol. The zero-order valence-electron chi connectivity index (χ0n) is 13.7. The first-order valence-electron chi connectivity index (χ1n) is 7.69. The molecular formula is C15H20N6O2S. The van der Waals surface area contributed by atoms with Crippen molar-refractivity contribution in [3.8, 4) is 0 Å². The number of anilines is 2. The van der Waals surface area contributed by atoms with Gasteiger partial charge >= 0.3 is 0 Å². The first-order chi connectivity index (χ1) is 11.6. The number of rotatable bonds is 5. The first-order valence-corrected chi connectivity index (χ1v) is 8.63. The third kappa shape index (κ3) is 3.98. The smallest absolute Gasteiger partial charge is 0.252 e. The Kier molecular flexibility index (Phi) is 5.21. The Morgan fingerprint density at radius 2 is 2.12 bits per heavy atom. The van der Waals surface area contributed by atoms with Crippen molar-refractivity contribution >= 4 is 29.1 Å². The second kappa shape index (κ2) is 7.54. The van der Waals surface area contributed by atoms with Crippen LogP contribution >= 0.6 is 11.3 Å². The minimum Gasteiger partial charge on any atom is -0.378 e. The zero-order chi connectivity index (χ0) is 16.9. The summed E-state index contributed by atoms with van der Waals surface area (Å²) in [5, 5.41) is 6.54. The molecule has 2 aromatic rings. The van der Waals surface area contributed by atoms with Crippen LogP contribution in [0.15, 0.2) is 16.8 Å². The summed E-state index contributed by atoms with van der Waals surface area (Å²) in [6, 6.07) is 1.79. The lowest BCUT2D eigenvalue weighted by Crippen LogP contribution is -2.38. The molecule has 3 heterocycles. The van der Waals surface area contributed by atoms with E-state index >= 15 is 0 Å². The van der Waals surface area contributed by atoms with E-state index in [0.717, 1.165) is 13.1 Å². The monoisotopic (exact) mass is 348 g/mol. The molecule has 24 heavy (non-hydrogen) atoms. The molecular weight excluding hydrogens is 328 g/mol. The number of nitrogens with zero attached hydrogens (tertiary/aromatic N) is 5. The fraction of sp³-hybridized carbons (Fsp3) is 0.467. The standard InChI is InChI=1S/C15H20N6O2S/c1-20(2)14-17-12(9-16-13(22)11-3-8-24-10-11)18-15(19-14)21-4-6-23-7-5-21/h3,8,10H,4-7,9H2,1-2H3,(H,16,22). The number of carbonyl (C=O) groups excluding carboxylic acids is 1. The molecule has 1 N–H and O–H groups in total. The van der Waals surface area contributed by atoms with Crippen molar-refractivity contribution in [2.75, 3.05) is 50.2 Å². The Balaban J connectivity index is 1.75. The molecule has 0 unspecified atom stereocenters. The van der Waals surface area contributed by atoms with Crippen LogP contribution in [0.2, 0.25) is 0 Å². The van der Waals surface area contributed by atoms with Crippen LogP contribution in [-0.2, 0) is 11.3 Å². The summed E-state index contributed by atoms with van der Waals surface area (Å²) in [6.45, 7) is 3.07. The summed E-state index contributed by atoms with van der Waals surface area (Å²) < 4.78 is 5.37. The molecule has 1 fully saturated rings. The summed E-state index contributed by atoms with van der Waals surface area (Å²) in [6.07, 6.45) is 0. The van der Waals surface area contributed by atoms with Gasteiger partial charge in [0.25, 0.3) is 5.91 Å². The van der Waals surface area contributed by atoms with Crippen LogP contribution in [-0.4, -0.2) is 61.3 Å². The van der Waals surface area contributed by atoms with E-state index in [1.807, 2.05) is 29.8 Å². The van der Waals surface area contributed by atoms with Crippen LogP contribution in [0.3, 0.4) is 0 Å². The summed E-state index contributed by atoms with van der Waals surface area (Å²) in [5.74, 6) is 1.61. The van der Waals surface area contributed by atoms with Crippen molar-refractivity contribution in [1.29, 1.82) is 0 Å². The highest BCUT2D eigenvalue weighted by Gasteiger charge is 2.17. The molecule has 0 aromatic carbocycles. The van der Waals surface area contributed by atoms with Crippen LogP contribution in [0, 0.1) is 0 Å². The number of aromatic nitrogens is 3. The summed E-state index contributed by atoms with van der Waals surface area (Å²) in [7, 11) is 3.76. The molecule has 0 saturated carbocycles. The second-order valence-electron chi connectivity index (χ2n) is 5.54. The molecule has 1 aliphatic rings. The van der Waals surface area contributed by atoms with Gasteiger partial charge in [0.2, 0.25) is 11.9 Å². The van der Waals surface area contributed by atoms with Crippen LogP contribution in [0.25, 0.3) is 0 Å². The Hall–Kier alpha value is -2.26. The normalized spacial score (nSPS) is 14.5. The number of thiophene rings is 1. The SMILES string of the molecule is CN(C)c1nc(CNC(=O)c2ccsc2)nc(N2CCOCC2)n1. The first kappa shape index (κ1) is 16.6. The topological polar surface area (TPSA) is 83.5 Å². The van der Waals surface area contributed by atoms with Gasteiger partial charge in [-0.05, 0) is 11.4 Å². The number of nitrogens with one attached hydrogen (secondary N) is 1. The predicted molar refractivity (Wildman–Crippen MR) is 92.7 cm³/mol. The third-order valence-electron chi connectivity index (χ3n) is 3.54. The second-order valence-corrected chi connectivity index (χ2v) is 6.32. The highest BCUT2D eigenvalue weighted by molar-refractivity contribution is 7.08. The highest BCUT2D eigenvalue weighted by Crippen LogP contribution is 2.14. The van der Waals surface area contributed by atoms with Gasteiger partial charge in [-0.15, -0.1) is 0 Å². The number of morpholine rings is 1. The van der Waals surface area contributed by atoms with E-state index in [9.17, 15) is 4.79 Å². The molecule has 0 spiro atoms. The molecule has 1 aliphatic heterocycles. The lowest BCUT2D eigenvalue weighted by molar-refractivity contribution is 0.0950. The summed E-state index contributed by atoms with van der Waals surface area (Å²) in [5.41, 5.74) is 0.648. The number of hydrogen-bond donors (Lipinski definition) is 1. The van der Waals surface area contributed by atoms with Crippen molar-refractivity contribution in [2.45, 2.75) is 6.54 Å². The van der Waals surface area contributed by atoms with Crippen molar-refractivity contribution in [3.05, 3.63) is 28.2 Å². The van der Waals surface area contributed by atoms with Gasteiger partial charge in [0.1, 0.15) is 0 Å². The highest BCUT2D eigenvalue weighted by atomic mass is 32.1. The van der Waals surface area contributed by atoms with Crippen molar-refractivity contribution in [3.63, 3.8) is 0 Å². The van der Waals surface area contributed by atoms with Gasteiger partial charge in [-0.3, -0.25) is 4.79 Å². The Morgan fingerprint density at radius 3 is 2.79 bits per heavy atom. The third-order valence-corrected chi connectivity index (χ3v) is 4.23. The van der Waals surface area contributed by atoms with E-state index in [0.29, 0.717) is 36.5 Å². The number of amides is 1. The van der Waals surface area contributed by atoms with Gasteiger partial charge in [-0.2, -0.15) is 26.3 Å². The summed E-state index contributed by atoms with van der Waals surface area (Å²) in [4.78, 5) is 29.4. The maximum Gasteiger partial charge on any atom is 0.252 e. The van der Waals surface area contributed by atoms with E-state index < -0.39 is 0 Å².